The van der Waals surface area contributed by atoms with Crippen LogP contribution in [0.25, 0.3) is 10.9 Å². The minimum atomic E-state index is 0.540. The van der Waals surface area contributed by atoms with Crippen LogP contribution in [0.15, 0.2) is 24.4 Å². The van der Waals surface area contributed by atoms with Crippen molar-refractivity contribution in [2.45, 2.75) is 0 Å². The normalized spacial score (nSPS) is 10.2. The van der Waals surface area contributed by atoms with Gasteiger partial charge in [0.25, 0.3) is 0 Å². The first-order chi connectivity index (χ1) is 6.24. The Bertz CT molecular complexity index is 503. The number of anilines is 1. The zero-order chi connectivity index (χ0) is 9.42. The number of aromatic nitrogens is 1. The van der Waals surface area contributed by atoms with Crippen molar-refractivity contribution in [2.24, 2.45) is 7.05 Å². The van der Waals surface area contributed by atoms with Gasteiger partial charge in [-0.1, -0.05) is 0 Å². The summed E-state index contributed by atoms with van der Waals surface area (Å²) in [6, 6.07) is 7.64. The fourth-order valence-electron chi connectivity index (χ4n) is 1.47. The molecule has 0 aliphatic carbocycles. The van der Waals surface area contributed by atoms with Crippen molar-refractivity contribution in [3.8, 4) is 6.07 Å². The summed E-state index contributed by atoms with van der Waals surface area (Å²) in [5, 5.41) is 9.69. The largest absolute Gasteiger partial charge is 0.397 e. The van der Waals surface area contributed by atoms with Crippen LogP contribution in [0.5, 0.6) is 0 Å². The fourth-order valence-corrected chi connectivity index (χ4v) is 1.47. The maximum Gasteiger partial charge on any atom is 0.101 e. The molecule has 2 N–H and O–H groups in total. The molecular weight excluding hydrogens is 162 g/mol. The molecule has 0 bridgehead atoms. The lowest BCUT2D eigenvalue weighted by atomic mass is 10.1. The van der Waals surface area contributed by atoms with Crippen molar-refractivity contribution in [1.82, 2.24) is 4.57 Å². The van der Waals surface area contributed by atoms with Gasteiger partial charge < -0.3 is 10.3 Å². The SMILES string of the molecule is Cn1ccc2c(N)c(C#N)ccc21. The molecule has 2 rings (SSSR count). The van der Waals surface area contributed by atoms with E-state index >= 15 is 0 Å². The Morgan fingerprint density at radius 1 is 1.38 bits per heavy atom. The van der Waals surface area contributed by atoms with Gasteiger partial charge in [-0.2, -0.15) is 5.26 Å². The highest BCUT2D eigenvalue weighted by atomic mass is 14.9. The van der Waals surface area contributed by atoms with Crippen molar-refractivity contribution in [2.75, 3.05) is 5.73 Å². The minimum Gasteiger partial charge on any atom is -0.397 e. The Morgan fingerprint density at radius 3 is 2.85 bits per heavy atom. The number of hydrogen-bond acceptors (Lipinski definition) is 2. The molecule has 0 saturated carbocycles. The quantitative estimate of drug-likeness (QED) is 0.612. The van der Waals surface area contributed by atoms with Crippen molar-refractivity contribution < 1.29 is 0 Å². The van der Waals surface area contributed by atoms with E-state index in [9.17, 15) is 0 Å². The van der Waals surface area contributed by atoms with Gasteiger partial charge in [0.2, 0.25) is 0 Å². The maximum absolute atomic E-state index is 8.75. The summed E-state index contributed by atoms with van der Waals surface area (Å²) in [5.74, 6) is 0. The van der Waals surface area contributed by atoms with Crippen molar-refractivity contribution in [3.63, 3.8) is 0 Å². The molecule has 64 valence electrons. The lowest BCUT2D eigenvalue weighted by Gasteiger charge is -2.00. The molecule has 0 aliphatic rings. The Balaban J connectivity index is 2.90. The minimum absolute atomic E-state index is 0.540. The maximum atomic E-state index is 8.75. The molecule has 0 aliphatic heterocycles. The second-order valence-corrected chi connectivity index (χ2v) is 3.00. The number of nitrogen functional groups attached to an aromatic ring is 1. The van der Waals surface area contributed by atoms with E-state index in [1.54, 1.807) is 6.07 Å². The van der Waals surface area contributed by atoms with E-state index in [1.807, 2.05) is 29.9 Å². The van der Waals surface area contributed by atoms with E-state index in [0.717, 1.165) is 10.9 Å². The van der Waals surface area contributed by atoms with Gasteiger partial charge in [-0.15, -0.1) is 0 Å². The van der Waals surface area contributed by atoms with Gasteiger partial charge in [0.05, 0.1) is 11.3 Å². The second-order valence-electron chi connectivity index (χ2n) is 3.00. The molecule has 0 atom stereocenters. The van der Waals surface area contributed by atoms with Crippen LogP contribution < -0.4 is 5.73 Å². The van der Waals surface area contributed by atoms with Crippen molar-refractivity contribution in [3.05, 3.63) is 30.0 Å². The number of fused-ring (bicyclic) bond motifs is 1. The zero-order valence-corrected chi connectivity index (χ0v) is 7.28. The number of rotatable bonds is 0. The van der Waals surface area contributed by atoms with Gasteiger partial charge in [-0.25, -0.2) is 0 Å². The Kier molecular flexibility index (Phi) is 1.49. The summed E-state index contributed by atoms with van der Waals surface area (Å²) in [5.41, 5.74) is 7.97. The van der Waals surface area contributed by atoms with Gasteiger partial charge in [0.1, 0.15) is 6.07 Å². The molecule has 3 nitrogen and oxygen atoms in total. The third-order valence-electron chi connectivity index (χ3n) is 2.23. The Hall–Kier alpha value is -1.95. The number of nitriles is 1. The lowest BCUT2D eigenvalue weighted by molar-refractivity contribution is 0.969. The van der Waals surface area contributed by atoms with Crippen LogP contribution in [0.4, 0.5) is 5.69 Å². The summed E-state index contributed by atoms with van der Waals surface area (Å²) in [4.78, 5) is 0. The second kappa shape index (κ2) is 2.53. The molecule has 0 saturated heterocycles. The average molecular weight is 171 g/mol. The molecule has 0 amide bonds. The lowest BCUT2D eigenvalue weighted by Crippen LogP contribution is -1.92. The number of nitrogens with zero attached hydrogens (tertiary/aromatic N) is 2. The molecule has 1 aromatic carbocycles. The molecular formula is C10H9N3. The molecule has 2 aromatic rings. The molecule has 3 heteroatoms. The molecule has 0 radical (unpaired) electrons. The van der Waals surface area contributed by atoms with E-state index in [2.05, 4.69) is 6.07 Å². The van der Waals surface area contributed by atoms with Crippen LogP contribution in [0.1, 0.15) is 5.56 Å². The first kappa shape index (κ1) is 7.69. The standard InChI is InChI=1S/C10H9N3/c1-13-5-4-8-9(13)3-2-7(6-11)10(8)12/h2-5H,12H2,1H3. The highest BCUT2D eigenvalue weighted by molar-refractivity contribution is 5.94. The van der Waals surface area contributed by atoms with Crippen LogP contribution in [0, 0.1) is 11.3 Å². The van der Waals surface area contributed by atoms with Gasteiger partial charge in [-0.05, 0) is 18.2 Å². The van der Waals surface area contributed by atoms with Gasteiger partial charge in [-0.3, -0.25) is 0 Å². The molecule has 13 heavy (non-hydrogen) atoms. The summed E-state index contributed by atoms with van der Waals surface area (Å²) >= 11 is 0. The van der Waals surface area contributed by atoms with Crippen LogP contribution in [0.3, 0.4) is 0 Å². The summed E-state index contributed by atoms with van der Waals surface area (Å²) in [7, 11) is 1.95. The van der Waals surface area contributed by atoms with Crippen LogP contribution in [-0.4, -0.2) is 4.57 Å². The molecule has 0 fully saturated rings. The van der Waals surface area contributed by atoms with Crippen molar-refractivity contribution >= 4 is 16.6 Å². The van der Waals surface area contributed by atoms with Crippen LogP contribution >= 0.6 is 0 Å². The van der Waals surface area contributed by atoms with E-state index in [4.69, 9.17) is 11.0 Å². The van der Waals surface area contributed by atoms with E-state index < -0.39 is 0 Å². The molecule has 0 unspecified atom stereocenters. The topological polar surface area (TPSA) is 54.7 Å². The number of aryl methyl sites for hydroxylation is 1. The first-order valence-corrected chi connectivity index (χ1v) is 3.97. The molecule has 1 aromatic heterocycles. The van der Waals surface area contributed by atoms with Gasteiger partial charge in [0, 0.05) is 24.1 Å². The Morgan fingerprint density at radius 2 is 2.15 bits per heavy atom. The number of nitrogens with two attached hydrogens (primary N) is 1. The third-order valence-corrected chi connectivity index (χ3v) is 2.23. The smallest absolute Gasteiger partial charge is 0.101 e. The van der Waals surface area contributed by atoms with Crippen LogP contribution in [0.2, 0.25) is 0 Å². The van der Waals surface area contributed by atoms with Gasteiger partial charge in [0.15, 0.2) is 0 Å². The highest BCUT2D eigenvalue weighted by Gasteiger charge is 2.05. The highest BCUT2D eigenvalue weighted by Crippen LogP contribution is 2.24. The van der Waals surface area contributed by atoms with Gasteiger partial charge >= 0.3 is 0 Å². The first-order valence-electron chi connectivity index (χ1n) is 3.97. The van der Waals surface area contributed by atoms with E-state index in [-0.39, 0.29) is 0 Å². The average Bonchev–Trinajstić information content (AvgIpc) is 2.50. The van der Waals surface area contributed by atoms with E-state index in [1.165, 1.54) is 0 Å². The zero-order valence-electron chi connectivity index (χ0n) is 7.28. The summed E-state index contributed by atoms with van der Waals surface area (Å²) < 4.78 is 1.98. The summed E-state index contributed by atoms with van der Waals surface area (Å²) in [6.07, 6.45) is 1.93. The predicted molar refractivity (Wildman–Crippen MR) is 52.0 cm³/mol. The summed E-state index contributed by atoms with van der Waals surface area (Å²) in [6.45, 7) is 0. The van der Waals surface area contributed by atoms with Crippen LogP contribution in [-0.2, 0) is 7.05 Å². The number of benzene rings is 1. The molecule has 0 spiro atoms. The molecule has 1 heterocycles. The fraction of sp³-hybridized carbons (Fsp3) is 0.100. The monoisotopic (exact) mass is 171 g/mol. The third kappa shape index (κ3) is 0.960. The predicted octanol–water partition coefficient (Wildman–Crippen LogP) is 1.63. The van der Waals surface area contributed by atoms with E-state index in [0.29, 0.717) is 11.3 Å². The van der Waals surface area contributed by atoms with Crippen molar-refractivity contribution in [1.29, 1.82) is 5.26 Å². The number of hydrogen-bond donors (Lipinski definition) is 1. The Labute approximate surface area is 76.0 Å².